The minimum Gasteiger partial charge on any atom is -0.350 e. The molecule has 0 spiro atoms. The van der Waals surface area contributed by atoms with E-state index in [-0.39, 0.29) is 27.3 Å². The Kier molecular flexibility index (Phi) is 4.65. The van der Waals surface area contributed by atoms with E-state index < -0.39 is 10.8 Å². The van der Waals surface area contributed by atoms with E-state index in [1.165, 1.54) is 22.8 Å². The van der Waals surface area contributed by atoms with Crippen LogP contribution in [0.3, 0.4) is 0 Å². The topological polar surface area (TPSA) is 89.5 Å². The maximum absolute atomic E-state index is 12.5. The number of hydrogen-bond acceptors (Lipinski definition) is 4. The van der Waals surface area contributed by atoms with Crippen molar-refractivity contribution in [3.05, 3.63) is 75.1 Å². The van der Waals surface area contributed by atoms with Gasteiger partial charge in [-0.3, -0.25) is 14.9 Å². The average Bonchev–Trinajstić information content (AvgIpc) is 3.03. The summed E-state index contributed by atoms with van der Waals surface area (Å²) < 4.78 is 1.25. The number of fused-ring (bicyclic) bond motifs is 1. The summed E-state index contributed by atoms with van der Waals surface area (Å²) in [4.78, 5) is 23.1. The molecule has 0 aliphatic rings. The predicted octanol–water partition coefficient (Wildman–Crippen LogP) is 3.60. The van der Waals surface area contributed by atoms with Crippen LogP contribution in [0.1, 0.15) is 29.9 Å². The summed E-state index contributed by atoms with van der Waals surface area (Å²) in [6, 6.07) is 12.5. The van der Waals surface area contributed by atoms with Gasteiger partial charge in [-0.1, -0.05) is 55.8 Å². The lowest BCUT2D eigenvalue weighted by Gasteiger charge is -2.25. The van der Waals surface area contributed by atoms with Crippen molar-refractivity contribution in [3.8, 4) is 0 Å². The first-order valence-electron chi connectivity index (χ1n) is 7.95. The number of amides is 1. The van der Waals surface area contributed by atoms with Crippen molar-refractivity contribution in [2.24, 2.45) is 0 Å². The summed E-state index contributed by atoms with van der Waals surface area (Å²) >= 11 is 5.88. The molecule has 0 bridgehead atoms. The van der Waals surface area contributed by atoms with E-state index in [2.05, 4.69) is 10.4 Å². The lowest BCUT2D eigenvalue weighted by Crippen LogP contribution is -2.36. The summed E-state index contributed by atoms with van der Waals surface area (Å²) in [6.45, 7) is 4.44. The third kappa shape index (κ3) is 3.52. The average molecular weight is 373 g/mol. The molecule has 0 radical (unpaired) electrons. The number of hydrogen-bond donors (Lipinski definition) is 1. The Morgan fingerprint density at radius 3 is 2.65 bits per heavy atom. The molecule has 3 rings (SSSR count). The van der Waals surface area contributed by atoms with Gasteiger partial charge in [-0.2, -0.15) is 5.10 Å². The number of carbonyl (C=O) groups is 1. The molecule has 0 saturated heterocycles. The molecule has 2 heterocycles. The molecule has 8 heteroatoms. The standard InChI is InChI=1S/C18H17ClN4O3/c1-18(2,12-6-4-3-5-7-12)11-20-17(24)14-9-15-16(23(25)26)8-13(19)10-22(15)21-14/h3-10H,11H2,1-2H3,(H,20,24). The molecule has 1 aromatic carbocycles. The highest BCUT2D eigenvalue weighted by molar-refractivity contribution is 6.30. The Bertz CT molecular complexity index is 983. The molecule has 0 atom stereocenters. The van der Waals surface area contributed by atoms with Gasteiger partial charge in [0.15, 0.2) is 5.69 Å². The van der Waals surface area contributed by atoms with Gasteiger partial charge < -0.3 is 5.32 Å². The largest absolute Gasteiger partial charge is 0.350 e. The van der Waals surface area contributed by atoms with Crippen molar-refractivity contribution < 1.29 is 9.72 Å². The Balaban J connectivity index is 1.82. The smallest absolute Gasteiger partial charge is 0.296 e. The van der Waals surface area contributed by atoms with Crippen LogP contribution in [0, 0.1) is 10.1 Å². The third-order valence-corrected chi connectivity index (χ3v) is 4.40. The minimum absolute atomic E-state index is 0.0965. The molecule has 3 aromatic rings. The van der Waals surface area contributed by atoms with Gasteiger partial charge in [0, 0.05) is 30.3 Å². The fraction of sp³-hybridized carbons (Fsp3) is 0.222. The molecule has 2 aromatic heterocycles. The third-order valence-electron chi connectivity index (χ3n) is 4.19. The highest BCUT2D eigenvalue weighted by Crippen LogP contribution is 2.25. The molecule has 0 aliphatic heterocycles. The number of halogens is 1. The molecule has 0 saturated carbocycles. The van der Waals surface area contributed by atoms with E-state index in [4.69, 9.17) is 11.6 Å². The van der Waals surface area contributed by atoms with Crippen LogP contribution < -0.4 is 5.32 Å². The summed E-state index contributed by atoms with van der Waals surface area (Å²) in [5.74, 6) is -0.400. The van der Waals surface area contributed by atoms with Crippen molar-refractivity contribution in [1.29, 1.82) is 0 Å². The van der Waals surface area contributed by atoms with E-state index >= 15 is 0 Å². The fourth-order valence-electron chi connectivity index (χ4n) is 2.68. The summed E-state index contributed by atoms with van der Waals surface area (Å²) in [5.41, 5.74) is 0.934. The van der Waals surface area contributed by atoms with Crippen LogP contribution in [0.4, 0.5) is 5.69 Å². The van der Waals surface area contributed by atoms with Crippen molar-refractivity contribution in [1.82, 2.24) is 14.9 Å². The van der Waals surface area contributed by atoms with Crippen LogP contribution in [0.25, 0.3) is 5.52 Å². The maximum Gasteiger partial charge on any atom is 0.296 e. The normalized spacial score (nSPS) is 11.5. The van der Waals surface area contributed by atoms with Gasteiger partial charge in [0.2, 0.25) is 0 Å². The van der Waals surface area contributed by atoms with Gasteiger partial charge in [-0.25, -0.2) is 4.52 Å². The zero-order chi connectivity index (χ0) is 18.9. The number of nitrogens with zero attached hydrogens (tertiary/aromatic N) is 3. The van der Waals surface area contributed by atoms with E-state index in [9.17, 15) is 14.9 Å². The molecule has 1 amide bonds. The van der Waals surface area contributed by atoms with Gasteiger partial charge in [0.25, 0.3) is 11.6 Å². The van der Waals surface area contributed by atoms with Crippen molar-refractivity contribution in [2.75, 3.05) is 6.54 Å². The van der Waals surface area contributed by atoms with E-state index in [1.54, 1.807) is 0 Å². The highest BCUT2D eigenvalue weighted by atomic mass is 35.5. The number of nitrogens with one attached hydrogen (secondary N) is 1. The van der Waals surface area contributed by atoms with E-state index in [0.29, 0.717) is 6.54 Å². The first-order valence-corrected chi connectivity index (χ1v) is 8.33. The molecule has 0 unspecified atom stereocenters. The number of aromatic nitrogens is 2. The number of benzene rings is 1. The molecular formula is C18H17ClN4O3. The lowest BCUT2D eigenvalue weighted by atomic mass is 9.84. The van der Waals surface area contributed by atoms with Crippen molar-refractivity contribution in [2.45, 2.75) is 19.3 Å². The SMILES string of the molecule is CC(C)(CNC(=O)c1cc2c([N+](=O)[O-])cc(Cl)cn2n1)c1ccccc1. The summed E-state index contributed by atoms with van der Waals surface area (Å²) in [5, 5.41) is 18.3. The molecular weight excluding hydrogens is 356 g/mol. The fourth-order valence-corrected chi connectivity index (χ4v) is 2.88. The van der Waals surface area contributed by atoms with Gasteiger partial charge in [0.1, 0.15) is 5.52 Å². The first-order chi connectivity index (χ1) is 12.3. The second kappa shape index (κ2) is 6.76. The van der Waals surface area contributed by atoms with Crippen molar-refractivity contribution >= 4 is 28.7 Å². The number of rotatable bonds is 5. The Hall–Kier alpha value is -2.93. The monoisotopic (exact) mass is 372 g/mol. The second-order valence-corrected chi connectivity index (χ2v) is 7.03. The minimum atomic E-state index is -0.552. The molecule has 0 aliphatic carbocycles. The zero-order valence-electron chi connectivity index (χ0n) is 14.3. The van der Waals surface area contributed by atoms with E-state index in [1.807, 2.05) is 44.2 Å². The molecule has 7 nitrogen and oxygen atoms in total. The number of pyridine rings is 1. The highest BCUT2D eigenvalue weighted by Gasteiger charge is 2.23. The molecule has 1 N–H and O–H groups in total. The van der Waals surface area contributed by atoms with Crippen molar-refractivity contribution in [3.63, 3.8) is 0 Å². The van der Waals surface area contributed by atoms with Crippen LogP contribution in [0.15, 0.2) is 48.7 Å². The number of nitro groups is 1. The van der Waals surface area contributed by atoms with Crippen LogP contribution in [-0.2, 0) is 5.41 Å². The van der Waals surface area contributed by atoms with Gasteiger partial charge in [0.05, 0.1) is 9.95 Å². The molecule has 0 fully saturated rings. The van der Waals surface area contributed by atoms with Crippen LogP contribution >= 0.6 is 11.6 Å². The lowest BCUT2D eigenvalue weighted by molar-refractivity contribution is -0.383. The summed E-state index contributed by atoms with van der Waals surface area (Å²) in [6.07, 6.45) is 1.43. The first kappa shape index (κ1) is 17.9. The van der Waals surface area contributed by atoms with Gasteiger partial charge >= 0.3 is 0 Å². The quantitative estimate of drug-likeness (QED) is 0.547. The molecule has 26 heavy (non-hydrogen) atoms. The Labute approximate surface area is 154 Å². The maximum atomic E-state index is 12.5. The van der Waals surface area contributed by atoms with Gasteiger partial charge in [-0.15, -0.1) is 0 Å². The summed E-state index contributed by atoms with van der Waals surface area (Å²) in [7, 11) is 0. The van der Waals surface area contributed by atoms with Crippen LogP contribution in [0.2, 0.25) is 5.02 Å². The van der Waals surface area contributed by atoms with E-state index in [0.717, 1.165) is 5.56 Å². The predicted molar refractivity (Wildman–Crippen MR) is 98.7 cm³/mol. The zero-order valence-corrected chi connectivity index (χ0v) is 15.0. The second-order valence-electron chi connectivity index (χ2n) is 6.59. The Morgan fingerprint density at radius 2 is 2.00 bits per heavy atom. The van der Waals surface area contributed by atoms with Crippen LogP contribution in [-0.4, -0.2) is 27.0 Å². The molecule has 134 valence electrons. The van der Waals surface area contributed by atoms with Crippen LogP contribution in [0.5, 0.6) is 0 Å². The Morgan fingerprint density at radius 1 is 1.31 bits per heavy atom. The van der Waals surface area contributed by atoms with Gasteiger partial charge in [-0.05, 0) is 5.56 Å². The number of carbonyl (C=O) groups excluding carboxylic acids is 1.